The molecule has 2 atom stereocenters. The van der Waals surface area contributed by atoms with Crippen LogP contribution in [0.15, 0.2) is 54.9 Å². The fourth-order valence-electron chi connectivity index (χ4n) is 4.68. The highest BCUT2D eigenvalue weighted by Gasteiger charge is 2.44. The van der Waals surface area contributed by atoms with Crippen molar-refractivity contribution in [3.05, 3.63) is 82.5 Å². The standard InChI is InChI=1S/C28H27ClN6O3/c1-2-38-28(37)26-32-23(30-13-20-15-35-14-18(16-6-7-16)8-9-25(35)31-20)12-24(33-26)34-27(36)22-11-21(22)17-4-3-5-19(29)10-17/h3-5,8-10,12,14-16,21-22H,2,6-7,11,13H2,1H3,(H2,30,32,33,34,36)/t21-,22+/m0/s1. The molecule has 2 saturated carbocycles. The number of esters is 1. The van der Waals surface area contributed by atoms with Crippen molar-refractivity contribution in [1.29, 1.82) is 0 Å². The molecule has 9 nitrogen and oxygen atoms in total. The van der Waals surface area contributed by atoms with Gasteiger partial charge in [0.05, 0.1) is 18.8 Å². The van der Waals surface area contributed by atoms with E-state index < -0.39 is 5.97 Å². The maximum atomic E-state index is 13.0. The van der Waals surface area contributed by atoms with Gasteiger partial charge in [-0.25, -0.2) is 19.7 Å². The minimum Gasteiger partial charge on any atom is -0.460 e. The van der Waals surface area contributed by atoms with Crippen LogP contribution in [0.3, 0.4) is 0 Å². The van der Waals surface area contributed by atoms with Gasteiger partial charge in [0.2, 0.25) is 11.7 Å². The second kappa shape index (κ2) is 10.1. The predicted molar refractivity (Wildman–Crippen MR) is 143 cm³/mol. The number of anilines is 2. The van der Waals surface area contributed by atoms with Crippen LogP contribution in [0.2, 0.25) is 5.02 Å². The van der Waals surface area contributed by atoms with Gasteiger partial charge in [-0.3, -0.25) is 4.79 Å². The van der Waals surface area contributed by atoms with Gasteiger partial charge in [-0.1, -0.05) is 29.8 Å². The van der Waals surface area contributed by atoms with E-state index >= 15 is 0 Å². The molecular formula is C28H27ClN6O3. The molecule has 0 saturated heterocycles. The molecule has 0 aliphatic heterocycles. The van der Waals surface area contributed by atoms with Crippen molar-refractivity contribution in [2.45, 2.75) is 44.6 Å². The number of aromatic nitrogens is 4. The van der Waals surface area contributed by atoms with Crippen LogP contribution in [0.25, 0.3) is 5.65 Å². The number of benzene rings is 1. The average molecular weight is 531 g/mol. The third-order valence-electron chi connectivity index (χ3n) is 6.86. The van der Waals surface area contributed by atoms with Crippen LogP contribution in [0.1, 0.15) is 65.5 Å². The quantitative estimate of drug-likeness (QED) is 0.287. The second-order valence-corrected chi connectivity index (χ2v) is 10.2. The van der Waals surface area contributed by atoms with Crippen molar-refractivity contribution in [1.82, 2.24) is 19.4 Å². The van der Waals surface area contributed by atoms with Crippen molar-refractivity contribution in [3.63, 3.8) is 0 Å². The van der Waals surface area contributed by atoms with E-state index in [1.165, 1.54) is 18.4 Å². The number of hydrogen-bond donors (Lipinski definition) is 2. The van der Waals surface area contributed by atoms with Crippen molar-refractivity contribution >= 4 is 40.8 Å². The third-order valence-corrected chi connectivity index (χ3v) is 7.10. The first-order valence-corrected chi connectivity index (χ1v) is 13.2. The molecule has 0 spiro atoms. The van der Waals surface area contributed by atoms with Crippen molar-refractivity contribution in [2.75, 3.05) is 17.2 Å². The van der Waals surface area contributed by atoms with Crippen LogP contribution in [0.4, 0.5) is 11.6 Å². The summed E-state index contributed by atoms with van der Waals surface area (Å²) in [5.74, 6) is 0.246. The zero-order chi connectivity index (χ0) is 26.2. The number of fused-ring (bicyclic) bond motifs is 1. The van der Waals surface area contributed by atoms with Gasteiger partial charge in [-0.05, 0) is 67.3 Å². The van der Waals surface area contributed by atoms with Crippen LogP contribution in [-0.2, 0) is 16.1 Å². The topological polar surface area (TPSA) is 111 Å². The Hall–Kier alpha value is -3.98. The highest BCUT2D eigenvalue weighted by molar-refractivity contribution is 6.30. The Bertz CT molecular complexity index is 1530. The molecule has 3 aromatic heterocycles. The molecule has 38 heavy (non-hydrogen) atoms. The summed E-state index contributed by atoms with van der Waals surface area (Å²) >= 11 is 6.11. The van der Waals surface area contributed by atoms with Gasteiger partial charge in [0.25, 0.3) is 0 Å². The highest BCUT2D eigenvalue weighted by Crippen LogP contribution is 2.48. The zero-order valence-corrected chi connectivity index (χ0v) is 21.6. The van der Waals surface area contributed by atoms with Crippen molar-refractivity contribution in [2.24, 2.45) is 5.92 Å². The molecule has 2 aliphatic carbocycles. The van der Waals surface area contributed by atoms with Gasteiger partial charge < -0.3 is 19.8 Å². The Labute approximate surface area is 224 Å². The van der Waals surface area contributed by atoms with E-state index in [9.17, 15) is 9.59 Å². The van der Waals surface area contributed by atoms with Gasteiger partial charge in [0.15, 0.2) is 0 Å². The Morgan fingerprint density at radius 2 is 1.89 bits per heavy atom. The van der Waals surface area contributed by atoms with Gasteiger partial charge in [0.1, 0.15) is 17.3 Å². The van der Waals surface area contributed by atoms with Crippen LogP contribution in [0, 0.1) is 5.92 Å². The van der Waals surface area contributed by atoms with E-state index in [0.717, 1.165) is 23.3 Å². The number of hydrogen-bond acceptors (Lipinski definition) is 7. The molecule has 0 bridgehead atoms. The molecule has 0 radical (unpaired) electrons. The number of nitrogens with zero attached hydrogens (tertiary/aromatic N) is 4. The lowest BCUT2D eigenvalue weighted by Crippen LogP contribution is -2.19. The van der Waals surface area contributed by atoms with E-state index in [4.69, 9.17) is 16.3 Å². The van der Waals surface area contributed by atoms with Crippen molar-refractivity contribution in [3.8, 4) is 0 Å². The van der Waals surface area contributed by atoms with Crippen LogP contribution >= 0.6 is 11.6 Å². The lowest BCUT2D eigenvalue weighted by atomic mass is 10.1. The molecule has 2 fully saturated rings. The van der Waals surface area contributed by atoms with Crippen LogP contribution in [-0.4, -0.2) is 37.8 Å². The summed E-state index contributed by atoms with van der Waals surface area (Å²) in [6.45, 7) is 2.28. The van der Waals surface area contributed by atoms with E-state index in [-0.39, 0.29) is 36.0 Å². The Balaban J connectivity index is 1.17. The molecule has 194 valence electrons. The van der Waals surface area contributed by atoms with E-state index in [2.05, 4.69) is 37.8 Å². The first-order chi connectivity index (χ1) is 18.5. The lowest BCUT2D eigenvalue weighted by Gasteiger charge is -2.10. The predicted octanol–water partition coefficient (Wildman–Crippen LogP) is 5.19. The molecule has 0 unspecified atom stereocenters. The molecule has 2 aliphatic rings. The number of carbonyl (C=O) groups excluding carboxylic acids is 2. The number of rotatable bonds is 9. The van der Waals surface area contributed by atoms with Gasteiger partial charge in [-0.2, -0.15) is 0 Å². The number of ether oxygens (including phenoxy) is 1. The maximum Gasteiger partial charge on any atom is 0.376 e. The molecule has 2 N–H and O–H groups in total. The summed E-state index contributed by atoms with van der Waals surface area (Å²) < 4.78 is 7.13. The monoisotopic (exact) mass is 530 g/mol. The van der Waals surface area contributed by atoms with Gasteiger partial charge in [-0.15, -0.1) is 0 Å². The molecular weight excluding hydrogens is 504 g/mol. The SMILES string of the molecule is CCOC(=O)c1nc(NCc2cn3cc(C4CC4)ccc3n2)cc(NC(=O)[C@@H]2C[C@H]2c2cccc(Cl)c2)n1. The fraction of sp³-hybridized carbons (Fsp3) is 0.321. The normalized spacial score (nSPS) is 18.3. The molecule has 4 aromatic rings. The molecule has 6 rings (SSSR count). The van der Waals surface area contributed by atoms with E-state index in [1.54, 1.807) is 13.0 Å². The number of amides is 1. The number of halogens is 1. The van der Waals surface area contributed by atoms with Gasteiger partial charge >= 0.3 is 5.97 Å². The Kier molecular flexibility index (Phi) is 6.45. The fourth-order valence-corrected chi connectivity index (χ4v) is 4.88. The molecule has 1 amide bonds. The van der Waals surface area contributed by atoms with Crippen LogP contribution < -0.4 is 10.6 Å². The van der Waals surface area contributed by atoms with E-state index in [1.807, 2.05) is 40.9 Å². The summed E-state index contributed by atoms with van der Waals surface area (Å²) in [6.07, 6.45) is 7.32. The highest BCUT2D eigenvalue weighted by atomic mass is 35.5. The summed E-state index contributed by atoms with van der Waals surface area (Å²) in [4.78, 5) is 38.6. The minimum absolute atomic E-state index is 0.105. The third kappa shape index (κ3) is 5.33. The first kappa shape index (κ1) is 24.4. The summed E-state index contributed by atoms with van der Waals surface area (Å²) in [5, 5.41) is 6.70. The lowest BCUT2D eigenvalue weighted by molar-refractivity contribution is -0.117. The number of carbonyl (C=O) groups is 2. The first-order valence-electron chi connectivity index (χ1n) is 12.8. The van der Waals surface area contributed by atoms with Gasteiger partial charge in [0, 0.05) is 29.4 Å². The van der Waals surface area contributed by atoms with Crippen molar-refractivity contribution < 1.29 is 14.3 Å². The summed E-state index contributed by atoms with van der Waals surface area (Å²) in [5.41, 5.74) is 4.06. The molecule has 1 aromatic carbocycles. The second-order valence-electron chi connectivity index (χ2n) is 9.76. The molecule has 3 heterocycles. The zero-order valence-electron chi connectivity index (χ0n) is 20.9. The summed E-state index contributed by atoms with van der Waals surface area (Å²) in [6, 6.07) is 13.3. The number of pyridine rings is 1. The number of imidazole rings is 1. The minimum atomic E-state index is -0.657. The Morgan fingerprint density at radius 1 is 1.05 bits per heavy atom. The Morgan fingerprint density at radius 3 is 2.68 bits per heavy atom. The van der Waals surface area contributed by atoms with E-state index in [0.29, 0.717) is 23.3 Å². The molecule has 10 heteroatoms. The summed E-state index contributed by atoms with van der Waals surface area (Å²) in [7, 11) is 0. The smallest absolute Gasteiger partial charge is 0.376 e. The average Bonchev–Trinajstić information content (AvgIpc) is 3.83. The number of nitrogens with one attached hydrogen (secondary N) is 2. The maximum absolute atomic E-state index is 13.0. The van der Waals surface area contributed by atoms with Crippen LogP contribution in [0.5, 0.6) is 0 Å². The largest absolute Gasteiger partial charge is 0.460 e.